The van der Waals surface area contributed by atoms with Gasteiger partial charge in [-0.3, -0.25) is 0 Å². The third-order valence-electron chi connectivity index (χ3n) is 3.67. The van der Waals surface area contributed by atoms with Crippen LogP contribution in [0.3, 0.4) is 0 Å². The summed E-state index contributed by atoms with van der Waals surface area (Å²) in [7, 11) is 0. The van der Waals surface area contributed by atoms with Crippen LogP contribution in [0, 0.1) is 0 Å². The number of nitrogens with zero attached hydrogens (tertiary/aromatic N) is 3. The summed E-state index contributed by atoms with van der Waals surface area (Å²) in [5.74, 6) is 0.540. The number of alkyl halides is 3. The summed E-state index contributed by atoms with van der Waals surface area (Å²) in [6.45, 7) is 2.04. The lowest BCUT2D eigenvalue weighted by molar-refractivity contribution is -0.137. The molecule has 26 heavy (non-hydrogen) atoms. The molecule has 0 spiro atoms. The van der Waals surface area contributed by atoms with Gasteiger partial charge in [0.15, 0.2) is 5.82 Å². The van der Waals surface area contributed by atoms with Gasteiger partial charge in [-0.25, -0.2) is 0 Å². The fourth-order valence-electron chi connectivity index (χ4n) is 2.41. The summed E-state index contributed by atoms with van der Waals surface area (Å²) < 4.78 is 38.4. The number of hydrogen-bond acceptors (Lipinski definition) is 5. The van der Waals surface area contributed by atoms with Crippen LogP contribution in [0.4, 0.5) is 36.3 Å². The molecule has 0 fully saturated rings. The maximum atomic E-state index is 12.8. The summed E-state index contributed by atoms with van der Waals surface area (Å²) >= 11 is 0. The van der Waals surface area contributed by atoms with E-state index in [1.54, 1.807) is 0 Å². The number of hydrogen-bond donors (Lipinski definition) is 2. The second-order valence-electron chi connectivity index (χ2n) is 5.50. The molecule has 0 unspecified atom stereocenters. The SMILES string of the molecule is CCc1ccccc1Nc1cnnc(Nc2cccc(C(F)(F)F)c2)n1. The normalized spacial score (nSPS) is 11.2. The van der Waals surface area contributed by atoms with Crippen molar-refractivity contribution in [3.8, 4) is 0 Å². The number of benzene rings is 2. The van der Waals surface area contributed by atoms with Crippen molar-refractivity contribution < 1.29 is 13.2 Å². The molecular weight excluding hydrogens is 343 g/mol. The van der Waals surface area contributed by atoms with E-state index < -0.39 is 11.7 Å². The van der Waals surface area contributed by atoms with E-state index in [1.807, 2.05) is 31.2 Å². The van der Waals surface area contributed by atoms with E-state index in [9.17, 15) is 13.2 Å². The maximum absolute atomic E-state index is 12.8. The minimum Gasteiger partial charge on any atom is -0.339 e. The first-order chi connectivity index (χ1) is 12.5. The van der Waals surface area contributed by atoms with Gasteiger partial charge in [0.25, 0.3) is 0 Å². The molecule has 0 atom stereocenters. The van der Waals surface area contributed by atoms with Gasteiger partial charge in [-0.05, 0) is 36.2 Å². The molecule has 0 radical (unpaired) electrons. The van der Waals surface area contributed by atoms with Gasteiger partial charge in [-0.2, -0.15) is 23.3 Å². The average molecular weight is 359 g/mol. The molecule has 3 aromatic rings. The third-order valence-corrected chi connectivity index (χ3v) is 3.67. The molecule has 134 valence electrons. The van der Waals surface area contributed by atoms with Crippen molar-refractivity contribution in [3.05, 3.63) is 65.9 Å². The van der Waals surface area contributed by atoms with Crippen molar-refractivity contribution in [1.82, 2.24) is 15.2 Å². The minimum absolute atomic E-state index is 0.100. The molecule has 0 aliphatic carbocycles. The number of nitrogens with one attached hydrogen (secondary N) is 2. The standard InChI is InChI=1S/C18H16F3N5/c1-2-12-6-3-4-9-15(12)24-16-11-22-26-17(25-16)23-14-8-5-7-13(10-14)18(19,20)21/h3-11H,2H2,1H3,(H2,23,24,25,26). The first kappa shape index (κ1) is 17.7. The van der Waals surface area contributed by atoms with Crippen molar-refractivity contribution in [2.24, 2.45) is 0 Å². The van der Waals surface area contributed by atoms with Crippen LogP contribution in [0.15, 0.2) is 54.7 Å². The highest BCUT2D eigenvalue weighted by atomic mass is 19.4. The molecule has 0 aliphatic rings. The molecule has 0 saturated carbocycles. The number of aromatic nitrogens is 3. The van der Waals surface area contributed by atoms with Gasteiger partial charge in [-0.15, -0.1) is 5.10 Å². The van der Waals surface area contributed by atoms with Gasteiger partial charge in [-0.1, -0.05) is 31.2 Å². The van der Waals surface area contributed by atoms with Crippen molar-refractivity contribution in [2.45, 2.75) is 19.5 Å². The highest BCUT2D eigenvalue weighted by Gasteiger charge is 2.30. The molecule has 0 bridgehead atoms. The number of rotatable bonds is 5. The molecular formula is C18H16F3N5. The van der Waals surface area contributed by atoms with E-state index in [4.69, 9.17) is 0 Å². The zero-order valence-corrected chi connectivity index (χ0v) is 13.9. The van der Waals surface area contributed by atoms with Crippen molar-refractivity contribution in [3.63, 3.8) is 0 Å². The van der Waals surface area contributed by atoms with Crippen LogP contribution in [0.2, 0.25) is 0 Å². The third kappa shape index (κ3) is 4.27. The first-order valence-electron chi connectivity index (χ1n) is 7.94. The molecule has 0 saturated heterocycles. The summed E-state index contributed by atoms with van der Waals surface area (Å²) in [5, 5.41) is 13.6. The highest BCUT2D eigenvalue weighted by Crippen LogP contribution is 2.31. The van der Waals surface area contributed by atoms with E-state index in [1.165, 1.54) is 18.3 Å². The number of halogens is 3. The lowest BCUT2D eigenvalue weighted by Gasteiger charge is -2.11. The molecule has 5 nitrogen and oxygen atoms in total. The Balaban J connectivity index is 1.80. The predicted octanol–water partition coefficient (Wildman–Crippen LogP) is 4.94. The summed E-state index contributed by atoms with van der Waals surface area (Å²) in [6, 6.07) is 12.6. The van der Waals surface area contributed by atoms with Gasteiger partial charge < -0.3 is 10.6 Å². The Labute approximate surface area is 148 Å². The van der Waals surface area contributed by atoms with E-state index >= 15 is 0 Å². The molecule has 1 aromatic heterocycles. The smallest absolute Gasteiger partial charge is 0.339 e. The van der Waals surface area contributed by atoms with Gasteiger partial charge in [0.2, 0.25) is 5.95 Å². The van der Waals surface area contributed by atoms with E-state index in [2.05, 4.69) is 25.8 Å². The Morgan fingerprint density at radius 1 is 1.00 bits per heavy atom. The maximum Gasteiger partial charge on any atom is 0.416 e. The quantitative estimate of drug-likeness (QED) is 0.676. The fraction of sp³-hybridized carbons (Fsp3) is 0.167. The lowest BCUT2D eigenvalue weighted by Crippen LogP contribution is -2.06. The van der Waals surface area contributed by atoms with Crippen LogP contribution < -0.4 is 10.6 Å². The van der Waals surface area contributed by atoms with Crippen molar-refractivity contribution in [1.29, 1.82) is 0 Å². The van der Waals surface area contributed by atoms with Gasteiger partial charge in [0.1, 0.15) is 0 Å². The zero-order chi connectivity index (χ0) is 18.6. The van der Waals surface area contributed by atoms with Crippen molar-refractivity contribution >= 4 is 23.1 Å². The Bertz CT molecular complexity index is 896. The molecule has 2 aromatic carbocycles. The van der Waals surface area contributed by atoms with E-state index in [0.717, 1.165) is 29.8 Å². The van der Waals surface area contributed by atoms with Crippen LogP contribution in [0.25, 0.3) is 0 Å². The molecule has 8 heteroatoms. The summed E-state index contributed by atoms with van der Waals surface area (Å²) in [4.78, 5) is 4.25. The molecule has 2 N–H and O–H groups in total. The average Bonchev–Trinajstić information content (AvgIpc) is 2.62. The monoisotopic (exact) mass is 359 g/mol. The van der Waals surface area contributed by atoms with E-state index in [0.29, 0.717) is 5.82 Å². The van der Waals surface area contributed by atoms with Gasteiger partial charge in [0.05, 0.1) is 11.8 Å². The van der Waals surface area contributed by atoms with Crippen LogP contribution in [0.1, 0.15) is 18.1 Å². The molecule has 3 rings (SSSR count). The second kappa shape index (κ2) is 7.38. The van der Waals surface area contributed by atoms with E-state index in [-0.39, 0.29) is 11.6 Å². The van der Waals surface area contributed by atoms with Crippen LogP contribution in [-0.4, -0.2) is 15.2 Å². The number of aryl methyl sites for hydroxylation is 1. The first-order valence-corrected chi connectivity index (χ1v) is 7.94. The van der Waals surface area contributed by atoms with Gasteiger partial charge >= 0.3 is 6.18 Å². The lowest BCUT2D eigenvalue weighted by atomic mass is 10.1. The molecule has 1 heterocycles. The molecule has 0 aliphatic heterocycles. The van der Waals surface area contributed by atoms with Crippen LogP contribution in [-0.2, 0) is 12.6 Å². The summed E-state index contributed by atoms with van der Waals surface area (Å²) in [5.41, 5.74) is 1.48. The highest BCUT2D eigenvalue weighted by molar-refractivity contribution is 5.62. The van der Waals surface area contributed by atoms with Crippen molar-refractivity contribution in [2.75, 3.05) is 10.6 Å². The molecule has 0 amide bonds. The topological polar surface area (TPSA) is 62.7 Å². The van der Waals surface area contributed by atoms with Crippen LogP contribution in [0.5, 0.6) is 0 Å². The van der Waals surface area contributed by atoms with Gasteiger partial charge in [0, 0.05) is 11.4 Å². The number of anilines is 4. The Morgan fingerprint density at radius 2 is 1.81 bits per heavy atom. The largest absolute Gasteiger partial charge is 0.416 e. The van der Waals surface area contributed by atoms with Crippen LogP contribution >= 0.6 is 0 Å². The zero-order valence-electron chi connectivity index (χ0n) is 13.9. The Hall–Kier alpha value is -3.16. The minimum atomic E-state index is -4.41. The number of para-hydroxylation sites is 1. The Morgan fingerprint density at radius 3 is 2.58 bits per heavy atom. The second-order valence-corrected chi connectivity index (χ2v) is 5.50. The predicted molar refractivity (Wildman–Crippen MR) is 93.7 cm³/mol. The fourth-order valence-corrected chi connectivity index (χ4v) is 2.41. The Kier molecular flexibility index (Phi) is 5.01. The summed E-state index contributed by atoms with van der Waals surface area (Å²) in [6.07, 6.45) is -2.12.